The van der Waals surface area contributed by atoms with Gasteiger partial charge in [-0.15, -0.1) is 0 Å². The Balaban J connectivity index is 0.00000106. The molecule has 0 radical (unpaired) electrons. The zero-order valence-electron chi connectivity index (χ0n) is 10.3. The number of aliphatic hydroxyl groups excluding tert-OH is 1. The molecule has 1 atom stereocenters. The lowest BCUT2D eigenvalue weighted by atomic mass is 10.1. The first-order valence-corrected chi connectivity index (χ1v) is 6.19. The average molecular weight is 244 g/mol. The van der Waals surface area contributed by atoms with Crippen molar-refractivity contribution in [3.8, 4) is 0 Å². The fourth-order valence-electron chi connectivity index (χ4n) is 1.19. The molecule has 1 rings (SSSR count). The van der Waals surface area contributed by atoms with E-state index in [9.17, 15) is 0 Å². The topological polar surface area (TPSA) is 32.3 Å². The van der Waals surface area contributed by atoms with Crippen molar-refractivity contribution in [2.45, 2.75) is 33.3 Å². The second-order valence-electron chi connectivity index (χ2n) is 3.43. The highest BCUT2D eigenvalue weighted by Gasteiger charge is 1.95. The maximum atomic E-state index is 9.01. The second kappa shape index (κ2) is 9.64. The SMILES string of the molecule is CC.CC(O)CNCCc1ccc(Cl)cc1. The minimum absolute atomic E-state index is 0.278. The molecule has 0 aromatic heterocycles. The first kappa shape index (κ1) is 15.4. The molecule has 0 spiro atoms. The second-order valence-corrected chi connectivity index (χ2v) is 3.87. The van der Waals surface area contributed by atoms with Crippen LogP contribution in [0.2, 0.25) is 5.02 Å². The van der Waals surface area contributed by atoms with Crippen LogP contribution in [0, 0.1) is 0 Å². The predicted octanol–water partition coefficient (Wildman–Crippen LogP) is 2.88. The molecule has 92 valence electrons. The summed E-state index contributed by atoms with van der Waals surface area (Å²) in [4.78, 5) is 0. The molecule has 1 aromatic rings. The maximum absolute atomic E-state index is 9.01. The van der Waals surface area contributed by atoms with Crippen LogP contribution < -0.4 is 5.32 Å². The van der Waals surface area contributed by atoms with E-state index in [0.29, 0.717) is 6.54 Å². The molecule has 0 saturated heterocycles. The van der Waals surface area contributed by atoms with E-state index < -0.39 is 0 Å². The largest absolute Gasteiger partial charge is 0.392 e. The third-order valence-electron chi connectivity index (χ3n) is 1.94. The van der Waals surface area contributed by atoms with Crippen molar-refractivity contribution >= 4 is 11.6 Å². The van der Waals surface area contributed by atoms with Gasteiger partial charge < -0.3 is 10.4 Å². The van der Waals surface area contributed by atoms with Gasteiger partial charge in [0.05, 0.1) is 6.10 Å². The van der Waals surface area contributed by atoms with Crippen LogP contribution in [0.25, 0.3) is 0 Å². The van der Waals surface area contributed by atoms with E-state index in [1.54, 1.807) is 6.92 Å². The Bertz CT molecular complexity index is 259. The smallest absolute Gasteiger partial charge is 0.0636 e. The van der Waals surface area contributed by atoms with Crippen LogP contribution in [0.4, 0.5) is 0 Å². The number of halogens is 1. The molecule has 1 unspecified atom stereocenters. The first-order valence-electron chi connectivity index (χ1n) is 5.81. The first-order chi connectivity index (χ1) is 7.68. The summed E-state index contributed by atoms with van der Waals surface area (Å²) in [5, 5.41) is 12.9. The van der Waals surface area contributed by atoms with Crippen molar-refractivity contribution in [2.75, 3.05) is 13.1 Å². The third-order valence-corrected chi connectivity index (χ3v) is 2.20. The molecule has 0 amide bonds. The maximum Gasteiger partial charge on any atom is 0.0636 e. The van der Waals surface area contributed by atoms with Gasteiger partial charge in [-0.05, 0) is 37.6 Å². The van der Waals surface area contributed by atoms with Gasteiger partial charge in [-0.25, -0.2) is 0 Å². The molecular formula is C13H22ClNO. The molecule has 0 fully saturated rings. The van der Waals surface area contributed by atoms with Crippen LogP contribution in [-0.4, -0.2) is 24.3 Å². The lowest BCUT2D eigenvalue weighted by molar-refractivity contribution is 0.191. The summed E-state index contributed by atoms with van der Waals surface area (Å²) in [6.07, 6.45) is 0.685. The van der Waals surface area contributed by atoms with E-state index in [1.165, 1.54) is 5.56 Å². The van der Waals surface area contributed by atoms with Crippen LogP contribution in [0.5, 0.6) is 0 Å². The van der Waals surface area contributed by atoms with Crippen molar-refractivity contribution in [1.29, 1.82) is 0 Å². The van der Waals surface area contributed by atoms with Crippen LogP contribution in [0.1, 0.15) is 26.3 Å². The summed E-state index contributed by atoms with van der Waals surface area (Å²) in [6, 6.07) is 7.83. The zero-order chi connectivity index (χ0) is 12.4. The lowest BCUT2D eigenvalue weighted by Crippen LogP contribution is -2.26. The van der Waals surface area contributed by atoms with Crippen LogP contribution >= 0.6 is 11.6 Å². The van der Waals surface area contributed by atoms with Gasteiger partial charge >= 0.3 is 0 Å². The van der Waals surface area contributed by atoms with Gasteiger partial charge in [0.25, 0.3) is 0 Å². The minimum Gasteiger partial charge on any atom is -0.392 e. The molecule has 16 heavy (non-hydrogen) atoms. The van der Waals surface area contributed by atoms with E-state index in [2.05, 4.69) is 5.32 Å². The molecule has 0 aliphatic heterocycles. The monoisotopic (exact) mass is 243 g/mol. The predicted molar refractivity (Wildman–Crippen MR) is 71.1 cm³/mol. The Morgan fingerprint density at radius 1 is 1.25 bits per heavy atom. The van der Waals surface area contributed by atoms with E-state index in [4.69, 9.17) is 16.7 Å². The fraction of sp³-hybridized carbons (Fsp3) is 0.538. The van der Waals surface area contributed by atoms with Crippen molar-refractivity contribution in [3.63, 3.8) is 0 Å². The van der Waals surface area contributed by atoms with Crippen LogP contribution in [0.15, 0.2) is 24.3 Å². The Kier molecular flexibility index (Phi) is 9.30. The molecule has 3 heteroatoms. The van der Waals surface area contributed by atoms with Gasteiger partial charge in [0.1, 0.15) is 0 Å². The normalized spacial score (nSPS) is 11.6. The molecule has 0 aliphatic rings. The van der Waals surface area contributed by atoms with Crippen molar-refractivity contribution < 1.29 is 5.11 Å². The highest BCUT2D eigenvalue weighted by Crippen LogP contribution is 2.09. The van der Waals surface area contributed by atoms with Crippen molar-refractivity contribution in [3.05, 3.63) is 34.9 Å². The third kappa shape index (κ3) is 7.69. The number of nitrogens with one attached hydrogen (secondary N) is 1. The molecule has 0 aliphatic carbocycles. The van der Waals surface area contributed by atoms with E-state index in [-0.39, 0.29) is 6.10 Å². The van der Waals surface area contributed by atoms with Gasteiger partial charge in [-0.3, -0.25) is 0 Å². The average Bonchev–Trinajstić information content (AvgIpc) is 2.29. The number of hydrogen-bond donors (Lipinski definition) is 2. The number of hydrogen-bond acceptors (Lipinski definition) is 2. The molecule has 2 nitrogen and oxygen atoms in total. The summed E-state index contributed by atoms with van der Waals surface area (Å²) in [6.45, 7) is 7.30. The lowest BCUT2D eigenvalue weighted by Gasteiger charge is -2.06. The number of benzene rings is 1. The number of aliphatic hydroxyl groups is 1. The summed E-state index contributed by atoms with van der Waals surface area (Å²) < 4.78 is 0. The Morgan fingerprint density at radius 3 is 2.31 bits per heavy atom. The standard InChI is InChI=1S/C11H16ClNO.C2H6/c1-9(14)8-13-7-6-10-2-4-11(12)5-3-10;1-2/h2-5,9,13-14H,6-8H2,1H3;1-2H3. The Morgan fingerprint density at radius 2 is 1.81 bits per heavy atom. The highest BCUT2D eigenvalue weighted by atomic mass is 35.5. The van der Waals surface area contributed by atoms with E-state index >= 15 is 0 Å². The summed E-state index contributed by atoms with van der Waals surface area (Å²) in [5.74, 6) is 0. The van der Waals surface area contributed by atoms with E-state index in [0.717, 1.165) is 18.0 Å². The molecular weight excluding hydrogens is 222 g/mol. The molecule has 1 aromatic carbocycles. The molecule has 0 bridgehead atoms. The van der Waals surface area contributed by atoms with Crippen molar-refractivity contribution in [2.24, 2.45) is 0 Å². The van der Waals surface area contributed by atoms with Crippen LogP contribution in [-0.2, 0) is 6.42 Å². The minimum atomic E-state index is -0.278. The van der Waals surface area contributed by atoms with Gasteiger partial charge in [0, 0.05) is 11.6 Å². The summed E-state index contributed by atoms with van der Waals surface area (Å²) in [5.41, 5.74) is 1.26. The van der Waals surface area contributed by atoms with E-state index in [1.807, 2.05) is 38.1 Å². The number of rotatable bonds is 5. The Labute approximate surface area is 104 Å². The van der Waals surface area contributed by atoms with Gasteiger partial charge in [-0.1, -0.05) is 37.6 Å². The van der Waals surface area contributed by atoms with Crippen molar-refractivity contribution in [1.82, 2.24) is 5.32 Å². The molecule has 0 saturated carbocycles. The fourth-order valence-corrected chi connectivity index (χ4v) is 1.32. The van der Waals surface area contributed by atoms with Gasteiger partial charge in [-0.2, -0.15) is 0 Å². The van der Waals surface area contributed by atoms with Gasteiger partial charge in [0.15, 0.2) is 0 Å². The molecule has 2 N–H and O–H groups in total. The summed E-state index contributed by atoms with van der Waals surface area (Å²) >= 11 is 5.77. The highest BCUT2D eigenvalue weighted by molar-refractivity contribution is 6.30. The van der Waals surface area contributed by atoms with Gasteiger partial charge in [0.2, 0.25) is 0 Å². The zero-order valence-corrected chi connectivity index (χ0v) is 11.1. The Hall–Kier alpha value is -0.570. The summed E-state index contributed by atoms with van der Waals surface area (Å²) in [7, 11) is 0. The van der Waals surface area contributed by atoms with Crippen LogP contribution in [0.3, 0.4) is 0 Å². The molecule has 0 heterocycles. The quantitative estimate of drug-likeness (QED) is 0.780.